The van der Waals surface area contributed by atoms with Crippen molar-refractivity contribution in [3.63, 3.8) is 0 Å². The van der Waals surface area contributed by atoms with Gasteiger partial charge in [-0.15, -0.1) is 0 Å². The summed E-state index contributed by atoms with van der Waals surface area (Å²) in [6.07, 6.45) is 0.659. The molecule has 0 fully saturated rings. The lowest BCUT2D eigenvalue weighted by Crippen LogP contribution is -2.33. The van der Waals surface area contributed by atoms with Crippen LogP contribution in [0.3, 0.4) is 0 Å². The van der Waals surface area contributed by atoms with Crippen LogP contribution in [-0.2, 0) is 19.1 Å². The molecule has 0 amide bonds. The molecule has 0 bridgehead atoms. The molecule has 0 saturated carbocycles. The molecule has 0 radical (unpaired) electrons. The predicted molar refractivity (Wildman–Crippen MR) is 55.4 cm³/mol. The second-order valence-electron chi connectivity index (χ2n) is 3.44. The molecule has 0 N–H and O–H groups in total. The number of hydrogen-bond acceptors (Lipinski definition) is 5. The van der Waals surface area contributed by atoms with Crippen molar-refractivity contribution < 1.29 is 19.1 Å². The molecular weight excluding hydrogens is 198 g/mol. The lowest BCUT2D eigenvalue weighted by atomic mass is 10.2. The molecule has 0 rings (SSSR count). The zero-order chi connectivity index (χ0) is 11.8. The molecule has 0 saturated heterocycles. The Balaban J connectivity index is 3.83. The summed E-state index contributed by atoms with van der Waals surface area (Å²) in [4.78, 5) is 23.8. The maximum Gasteiger partial charge on any atom is 0.307 e. The number of hydrogen-bond donors (Lipinski definition) is 0. The number of rotatable bonds is 6. The van der Waals surface area contributed by atoms with Crippen LogP contribution < -0.4 is 0 Å². The summed E-state index contributed by atoms with van der Waals surface area (Å²) in [7, 11) is 4.58. The third kappa shape index (κ3) is 6.06. The molecule has 0 aliphatic carbocycles. The van der Waals surface area contributed by atoms with Crippen LogP contribution in [0.1, 0.15) is 19.8 Å². The van der Waals surface area contributed by atoms with Gasteiger partial charge >= 0.3 is 11.9 Å². The zero-order valence-corrected chi connectivity index (χ0v) is 9.78. The normalized spacial score (nSPS) is 12.3. The Bertz CT molecular complexity index is 217. The SMILES string of the molecule is COC(=O)CCN(C)C(C)CC(=O)OC. The summed E-state index contributed by atoms with van der Waals surface area (Å²) in [5, 5.41) is 0. The maximum absolute atomic E-state index is 11.0. The molecule has 0 spiro atoms. The van der Waals surface area contributed by atoms with E-state index < -0.39 is 0 Å². The summed E-state index contributed by atoms with van der Waals surface area (Å²) < 4.78 is 9.09. The van der Waals surface area contributed by atoms with E-state index in [-0.39, 0.29) is 18.0 Å². The van der Waals surface area contributed by atoms with Crippen LogP contribution in [0.4, 0.5) is 0 Å². The van der Waals surface area contributed by atoms with Crippen LogP contribution in [0, 0.1) is 0 Å². The summed E-state index contributed by atoms with van der Waals surface area (Å²) >= 11 is 0. The van der Waals surface area contributed by atoms with E-state index in [2.05, 4.69) is 9.47 Å². The minimum absolute atomic E-state index is 0.0575. The minimum atomic E-state index is -0.243. The summed E-state index contributed by atoms with van der Waals surface area (Å²) in [6.45, 7) is 2.49. The van der Waals surface area contributed by atoms with Gasteiger partial charge in [0.2, 0.25) is 0 Å². The van der Waals surface area contributed by atoms with Gasteiger partial charge in [0.15, 0.2) is 0 Å². The first-order valence-corrected chi connectivity index (χ1v) is 4.85. The number of nitrogens with zero attached hydrogens (tertiary/aromatic N) is 1. The first kappa shape index (κ1) is 13.9. The van der Waals surface area contributed by atoms with E-state index in [1.807, 2.05) is 18.9 Å². The Morgan fingerprint density at radius 3 is 2.20 bits per heavy atom. The maximum atomic E-state index is 11.0. The molecule has 0 aromatic heterocycles. The lowest BCUT2D eigenvalue weighted by molar-refractivity contribution is -0.141. The van der Waals surface area contributed by atoms with E-state index >= 15 is 0 Å². The third-order valence-corrected chi connectivity index (χ3v) is 2.34. The van der Waals surface area contributed by atoms with E-state index in [0.29, 0.717) is 19.4 Å². The van der Waals surface area contributed by atoms with Crippen LogP contribution in [-0.4, -0.2) is 50.7 Å². The van der Waals surface area contributed by atoms with Crippen molar-refractivity contribution in [2.45, 2.75) is 25.8 Å². The van der Waals surface area contributed by atoms with E-state index in [0.717, 1.165) is 0 Å². The molecule has 5 nitrogen and oxygen atoms in total. The molecule has 5 heteroatoms. The van der Waals surface area contributed by atoms with E-state index in [4.69, 9.17) is 0 Å². The first-order chi connectivity index (χ1) is 7.01. The lowest BCUT2D eigenvalue weighted by Gasteiger charge is -2.22. The Morgan fingerprint density at radius 2 is 1.73 bits per heavy atom. The standard InChI is InChI=1S/C10H19NO4/c1-8(7-10(13)15-4)11(2)6-5-9(12)14-3/h8H,5-7H2,1-4H3. The highest BCUT2D eigenvalue weighted by Gasteiger charge is 2.14. The van der Waals surface area contributed by atoms with Gasteiger partial charge < -0.3 is 14.4 Å². The summed E-state index contributed by atoms with van der Waals surface area (Å²) in [5.41, 5.74) is 0. The molecule has 88 valence electrons. The Hall–Kier alpha value is -1.10. The summed E-state index contributed by atoms with van der Waals surface area (Å²) in [6, 6.07) is 0.0575. The third-order valence-electron chi connectivity index (χ3n) is 2.34. The summed E-state index contributed by atoms with van der Waals surface area (Å²) in [5.74, 6) is -0.487. The monoisotopic (exact) mass is 217 g/mol. The van der Waals surface area contributed by atoms with Gasteiger partial charge in [-0.3, -0.25) is 9.59 Å². The predicted octanol–water partition coefficient (Wildman–Crippen LogP) is 0.433. The van der Waals surface area contributed by atoms with Crippen molar-refractivity contribution in [3.05, 3.63) is 0 Å². The van der Waals surface area contributed by atoms with Gasteiger partial charge in [0.25, 0.3) is 0 Å². The van der Waals surface area contributed by atoms with Crippen molar-refractivity contribution in [1.82, 2.24) is 4.90 Å². The van der Waals surface area contributed by atoms with E-state index in [1.54, 1.807) is 0 Å². The first-order valence-electron chi connectivity index (χ1n) is 4.85. The number of methoxy groups -OCH3 is 2. The fraction of sp³-hybridized carbons (Fsp3) is 0.800. The average Bonchev–Trinajstić information content (AvgIpc) is 2.24. The highest BCUT2D eigenvalue weighted by Crippen LogP contribution is 2.03. The Labute approximate surface area is 90.3 Å². The van der Waals surface area contributed by atoms with Gasteiger partial charge in [0.05, 0.1) is 27.1 Å². The van der Waals surface area contributed by atoms with E-state index in [1.165, 1.54) is 14.2 Å². The van der Waals surface area contributed by atoms with Crippen molar-refractivity contribution in [2.24, 2.45) is 0 Å². The van der Waals surface area contributed by atoms with Gasteiger partial charge in [0.1, 0.15) is 0 Å². The second kappa shape index (κ2) is 7.23. The number of ether oxygens (including phenoxy) is 2. The quantitative estimate of drug-likeness (QED) is 0.604. The topological polar surface area (TPSA) is 55.8 Å². The van der Waals surface area contributed by atoms with Gasteiger partial charge in [-0.25, -0.2) is 0 Å². The van der Waals surface area contributed by atoms with Crippen molar-refractivity contribution in [1.29, 1.82) is 0 Å². The average molecular weight is 217 g/mol. The van der Waals surface area contributed by atoms with Gasteiger partial charge in [-0.1, -0.05) is 0 Å². The second-order valence-corrected chi connectivity index (χ2v) is 3.44. The molecule has 0 aliphatic rings. The van der Waals surface area contributed by atoms with Gasteiger partial charge in [0, 0.05) is 12.6 Å². The Morgan fingerprint density at radius 1 is 1.20 bits per heavy atom. The molecule has 0 aromatic rings. The van der Waals surface area contributed by atoms with Crippen molar-refractivity contribution in [2.75, 3.05) is 27.8 Å². The van der Waals surface area contributed by atoms with Crippen LogP contribution in [0.5, 0.6) is 0 Å². The fourth-order valence-electron chi connectivity index (χ4n) is 1.07. The fourth-order valence-corrected chi connectivity index (χ4v) is 1.07. The molecule has 15 heavy (non-hydrogen) atoms. The van der Waals surface area contributed by atoms with Gasteiger partial charge in [-0.2, -0.15) is 0 Å². The highest BCUT2D eigenvalue weighted by atomic mass is 16.5. The molecular formula is C10H19NO4. The Kier molecular flexibility index (Phi) is 6.70. The van der Waals surface area contributed by atoms with Gasteiger partial charge in [-0.05, 0) is 14.0 Å². The van der Waals surface area contributed by atoms with Crippen molar-refractivity contribution in [3.8, 4) is 0 Å². The molecule has 0 heterocycles. The number of carbonyl (C=O) groups excluding carboxylic acids is 2. The van der Waals surface area contributed by atoms with Crippen molar-refractivity contribution >= 4 is 11.9 Å². The molecule has 0 aromatic carbocycles. The number of carbonyl (C=O) groups is 2. The highest BCUT2D eigenvalue weighted by molar-refractivity contribution is 5.70. The molecule has 1 unspecified atom stereocenters. The van der Waals surface area contributed by atoms with Crippen LogP contribution in [0.2, 0.25) is 0 Å². The van der Waals surface area contributed by atoms with Crippen LogP contribution in [0.25, 0.3) is 0 Å². The minimum Gasteiger partial charge on any atom is -0.469 e. The van der Waals surface area contributed by atoms with Crippen LogP contribution >= 0.6 is 0 Å². The van der Waals surface area contributed by atoms with E-state index in [9.17, 15) is 9.59 Å². The largest absolute Gasteiger partial charge is 0.469 e. The molecule has 1 atom stereocenters. The number of esters is 2. The molecule has 0 aliphatic heterocycles. The zero-order valence-electron chi connectivity index (χ0n) is 9.78. The van der Waals surface area contributed by atoms with Crippen LogP contribution in [0.15, 0.2) is 0 Å². The smallest absolute Gasteiger partial charge is 0.307 e.